The normalized spacial score (nSPS) is 14.1. The van der Waals surface area contributed by atoms with E-state index in [1.165, 1.54) is 6.07 Å². The summed E-state index contributed by atoms with van der Waals surface area (Å²) >= 11 is 5.64. The molecule has 3 aromatic carbocycles. The van der Waals surface area contributed by atoms with Crippen LogP contribution in [0.1, 0.15) is 16.1 Å². The van der Waals surface area contributed by atoms with Gasteiger partial charge in [0, 0.05) is 42.9 Å². The highest BCUT2D eigenvalue weighted by atomic mass is 35.5. The number of carbonyl (C=O) groups excluding carboxylic acids is 2. The van der Waals surface area contributed by atoms with Crippen LogP contribution in [0, 0.1) is 0 Å². The van der Waals surface area contributed by atoms with Gasteiger partial charge in [0.05, 0.1) is 29.3 Å². The Balaban J connectivity index is 1.23. The lowest BCUT2D eigenvalue weighted by Gasteiger charge is -2.26. The van der Waals surface area contributed by atoms with Crippen LogP contribution in [-0.4, -0.2) is 66.4 Å². The number of urea groups is 1. The van der Waals surface area contributed by atoms with Crippen molar-refractivity contribution in [2.24, 2.45) is 0 Å². The third-order valence-electron chi connectivity index (χ3n) is 6.58. The van der Waals surface area contributed by atoms with E-state index in [4.69, 9.17) is 16.3 Å². The molecule has 4 N–H and O–H groups in total. The molecule has 5 rings (SSSR count). The van der Waals surface area contributed by atoms with Crippen molar-refractivity contribution < 1.29 is 27.5 Å². The quantitative estimate of drug-likeness (QED) is 0.225. The number of carbonyl (C=O) groups is 2. The fourth-order valence-electron chi connectivity index (χ4n) is 4.50. The van der Waals surface area contributed by atoms with Crippen molar-refractivity contribution in [3.8, 4) is 11.1 Å². The van der Waals surface area contributed by atoms with Crippen LogP contribution in [0.2, 0.25) is 5.02 Å². The van der Waals surface area contributed by atoms with Gasteiger partial charge in [0.1, 0.15) is 0 Å². The van der Waals surface area contributed by atoms with Crippen molar-refractivity contribution in [2.75, 3.05) is 50.0 Å². The van der Waals surface area contributed by atoms with Crippen LogP contribution in [0.4, 0.5) is 29.3 Å². The number of alkyl halides is 3. The summed E-state index contributed by atoms with van der Waals surface area (Å²) in [4.78, 5) is 27.4. The molecule has 9 nitrogen and oxygen atoms in total. The van der Waals surface area contributed by atoms with Gasteiger partial charge in [-0.25, -0.2) is 4.79 Å². The van der Waals surface area contributed by atoms with Crippen LogP contribution >= 0.6 is 11.6 Å². The summed E-state index contributed by atoms with van der Waals surface area (Å²) in [5, 5.41) is 15.3. The molecule has 13 heteroatoms. The summed E-state index contributed by atoms with van der Waals surface area (Å²) in [6.45, 7) is 4.31. The lowest BCUT2D eigenvalue weighted by atomic mass is 10.0. The predicted molar refractivity (Wildman–Crippen MR) is 150 cm³/mol. The van der Waals surface area contributed by atoms with Crippen LogP contribution in [0.5, 0.6) is 0 Å². The minimum atomic E-state index is -4.65. The van der Waals surface area contributed by atoms with E-state index in [1.807, 2.05) is 18.2 Å². The number of anilines is 2. The molecule has 3 amide bonds. The van der Waals surface area contributed by atoms with Crippen molar-refractivity contribution in [2.45, 2.75) is 6.18 Å². The van der Waals surface area contributed by atoms with Gasteiger partial charge in [-0.1, -0.05) is 29.8 Å². The number of aromatic nitrogens is 2. The monoisotopic (exact) mass is 586 g/mol. The predicted octanol–water partition coefficient (Wildman–Crippen LogP) is 5.61. The fourth-order valence-corrected chi connectivity index (χ4v) is 4.72. The summed E-state index contributed by atoms with van der Waals surface area (Å²) in [5.41, 5.74) is 1.87. The highest BCUT2D eigenvalue weighted by Gasteiger charge is 2.33. The summed E-state index contributed by atoms with van der Waals surface area (Å²) in [6.07, 6.45) is -4.65. The SMILES string of the molecule is O=C(Nc1cccc(-c2ccc3c(C(=O)NCCN4CCOCC4)n[nH]c3c2)c1)Nc1ccc(Cl)c(C(F)(F)F)c1. The number of nitrogens with zero attached hydrogens (tertiary/aromatic N) is 2. The Morgan fingerprint density at radius 2 is 1.71 bits per heavy atom. The zero-order valence-corrected chi connectivity index (χ0v) is 22.4. The number of halogens is 4. The Morgan fingerprint density at radius 3 is 2.46 bits per heavy atom. The van der Waals surface area contributed by atoms with Crippen LogP contribution in [0.3, 0.4) is 0 Å². The first kappa shape index (κ1) is 28.4. The second kappa shape index (κ2) is 12.2. The second-order valence-electron chi connectivity index (χ2n) is 9.39. The molecule has 0 spiro atoms. The van der Waals surface area contributed by atoms with Crippen LogP contribution in [0.15, 0.2) is 60.7 Å². The zero-order valence-electron chi connectivity index (χ0n) is 21.6. The van der Waals surface area contributed by atoms with E-state index in [-0.39, 0.29) is 11.6 Å². The number of morpholine rings is 1. The Kier molecular flexibility index (Phi) is 8.43. The Morgan fingerprint density at radius 1 is 0.976 bits per heavy atom. The molecule has 0 atom stereocenters. The molecule has 2 heterocycles. The average Bonchev–Trinajstić information content (AvgIpc) is 3.38. The van der Waals surface area contributed by atoms with E-state index in [1.54, 1.807) is 24.3 Å². The molecular formula is C28H26ClF3N6O3. The number of H-pyrrole nitrogens is 1. The summed E-state index contributed by atoms with van der Waals surface area (Å²) < 4.78 is 44.7. The van der Waals surface area contributed by atoms with Crippen LogP contribution < -0.4 is 16.0 Å². The standard InChI is InChI=1S/C28H26ClF3N6O3/c29-23-7-5-20(16-22(23)28(30,31)32)35-27(40)34-19-3-1-2-17(14-19)18-4-6-21-24(15-18)36-37-25(21)26(39)33-8-9-38-10-12-41-13-11-38/h1-7,14-16H,8-13H2,(H,33,39)(H,36,37)(H2,34,35,40). The minimum absolute atomic E-state index is 0.0546. The average molecular weight is 587 g/mol. The molecule has 0 radical (unpaired) electrons. The molecule has 1 saturated heterocycles. The van der Waals surface area contributed by atoms with Crippen LogP contribution in [0.25, 0.3) is 22.0 Å². The van der Waals surface area contributed by atoms with E-state index in [2.05, 4.69) is 31.0 Å². The highest BCUT2D eigenvalue weighted by Crippen LogP contribution is 2.36. The Hall–Kier alpha value is -4.13. The van der Waals surface area contributed by atoms with Gasteiger partial charge in [0.2, 0.25) is 0 Å². The lowest BCUT2D eigenvalue weighted by Crippen LogP contribution is -2.41. The lowest BCUT2D eigenvalue weighted by molar-refractivity contribution is -0.137. The molecule has 214 valence electrons. The Bertz CT molecular complexity index is 1570. The van der Waals surface area contributed by atoms with Gasteiger partial charge in [-0.3, -0.25) is 14.8 Å². The van der Waals surface area contributed by atoms with Gasteiger partial charge in [-0.2, -0.15) is 18.3 Å². The number of ether oxygens (including phenoxy) is 1. The van der Waals surface area contributed by atoms with Gasteiger partial charge < -0.3 is 20.7 Å². The Labute approximate surface area is 238 Å². The topological polar surface area (TPSA) is 111 Å². The molecule has 1 aromatic heterocycles. The maximum Gasteiger partial charge on any atom is 0.417 e. The summed E-state index contributed by atoms with van der Waals surface area (Å²) in [7, 11) is 0. The zero-order chi connectivity index (χ0) is 29.0. The van der Waals surface area contributed by atoms with Crippen LogP contribution in [-0.2, 0) is 10.9 Å². The molecule has 1 aliphatic heterocycles. The highest BCUT2D eigenvalue weighted by molar-refractivity contribution is 6.31. The molecule has 1 fully saturated rings. The molecule has 41 heavy (non-hydrogen) atoms. The minimum Gasteiger partial charge on any atom is -0.379 e. The van der Waals surface area contributed by atoms with E-state index < -0.39 is 22.8 Å². The van der Waals surface area contributed by atoms with E-state index >= 15 is 0 Å². The number of amides is 3. The number of fused-ring (bicyclic) bond motifs is 1. The van der Waals surface area contributed by atoms with Crippen molar-refractivity contribution >= 4 is 45.8 Å². The van der Waals surface area contributed by atoms with Gasteiger partial charge >= 0.3 is 12.2 Å². The molecule has 0 saturated carbocycles. The molecule has 4 aromatic rings. The fraction of sp³-hybridized carbons (Fsp3) is 0.250. The third kappa shape index (κ3) is 6.96. The largest absolute Gasteiger partial charge is 0.417 e. The molecular weight excluding hydrogens is 561 g/mol. The number of nitrogens with one attached hydrogen (secondary N) is 4. The van der Waals surface area contributed by atoms with Gasteiger partial charge in [0.15, 0.2) is 5.69 Å². The first-order valence-corrected chi connectivity index (χ1v) is 13.2. The van der Waals surface area contributed by atoms with Gasteiger partial charge in [0.25, 0.3) is 5.91 Å². The molecule has 0 aliphatic carbocycles. The van der Waals surface area contributed by atoms with E-state index in [0.717, 1.165) is 42.9 Å². The van der Waals surface area contributed by atoms with Crippen molar-refractivity contribution in [1.29, 1.82) is 0 Å². The summed E-state index contributed by atoms with van der Waals surface area (Å²) in [5.74, 6) is -0.266. The van der Waals surface area contributed by atoms with E-state index in [0.29, 0.717) is 42.0 Å². The second-order valence-corrected chi connectivity index (χ2v) is 9.80. The number of aromatic amines is 1. The molecule has 0 bridgehead atoms. The molecule has 0 unspecified atom stereocenters. The molecule has 1 aliphatic rings. The maximum absolute atomic E-state index is 13.1. The number of rotatable bonds is 7. The maximum atomic E-state index is 13.1. The smallest absolute Gasteiger partial charge is 0.379 e. The number of benzene rings is 3. The first-order valence-electron chi connectivity index (χ1n) is 12.8. The van der Waals surface area contributed by atoms with E-state index in [9.17, 15) is 22.8 Å². The van der Waals surface area contributed by atoms with Crippen molar-refractivity contribution in [1.82, 2.24) is 20.4 Å². The summed E-state index contributed by atoms with van der Waals surface area (Å²) in [6, 6.07) is 14.9. The van der Waals surface area contributed by atoms with Crippen molar-refractivity contribution in [3.63, 3.8) is 0 Å². The van der Waals surface area contributed by atoms with Crippen molar-refractivity contribution in [3.05, 3.63) is 76.9 Å². The first-order chi connectivity index (χ1) is 19.7. The number of hydrogen-bond donors (Lipinski definition) is 4. The van der Waals surface area contributed by atoms with Gasteiger partial charge in [-0.05, 0) is 53.6 Å². The van der Waals surface area contributed by atoms with Gasteiger partial charge in [-0.15, -0.1) is 0 Å². The number of hydrogen-bond acceptors (Lipinski definition) is 5. The third-order valence-corrected chi connectivity index (χ3v) is 6.91.